The van der Waals surface area contributed by atoms with Crippen molar-refractivity contribution in [2.24, 2.45) is 11.8 Å². The lowest BCUT2D eigenvalue weighted by molar-refractivity contribution is -0.126. The number of fused-ring (bicyclic) bond motifs is 8. The van der Waals surface area contributed by atoms with E-state index in [2.05, 4.69) is 51.4 Å². The summed E-state index contributed by atoms with van der Waals surface area (Å²) < 4.78 is 19.7. The molecule has 0 saturated heterocycles. The first-order chi connectivity index (χ1) is 30.8. The van der Waals surface area contributed by atoms with Crippen molar-refractivity contribution in [3.8, 4) is 11.5 Å². The molecule has 0 bridgehead atoms. The average Bonchev–Trinajstić information content (AvgIpc) is 4.12. The lowest BCUT2D eigenvalue weighted by Gasteiger charge is -2.22. The number of aliphatic hydroxyl groups excluding tert-OH is 1. The van der Waals surface area contributed by atoms with Crippen molar-refractivity contribution in [2.45, 2.75) is 38.5 Å². The molecule has 8 aromatic rings. The number of amides is 2. The number of pyridine rings is 2. The predicted molar refractivity (Wildman–Crippen MR) is 241 cm³/mol. The van der Waals surface area contributed by atoms with Crippen LogP contribution >= 0.6 is 22.7 Å². The Morgan fingerprint density at radius 2 is 1.22 bits per heavy atom. The number of aliphatic hydroxyl groups is 1. The molecule has 0 saturated carbocycles. The number of carbonyl (C=O) groups is 2. The molecule has 0 fully saturated rings. The SMILES string of the molecule is COCCNC(=O)C1CCc2c(sc3ncnc(Nc4cc5ccnn5cc4OC)c23)C1.COc1cn2nccc2cc1Nc1ncnc2sc3c(c12)CCC(C(=O)NCCO)C3. The summed E-state index contributed by atoms with van der Waals surface area (Å²) in [6, 6.07) is 7.82. The Hall–Kier alpha value is -6.48. The second kappa shape index (κ2) is 18.5. The highest BCUT2D eigenvalue weighted by Crippen LogP contribution is 2.43. The molecule has 8 aromatic heterocycles. The Kier molecular flexibility index (Phi) is 12.3. The zero-order valence-electron chi connectivity index (χ0n) is 34.9. The van der Waals surface area contributed by atoms with Crippen LogP contribution in [0.3, 0.4) is 0 Å². The molecule has 63 heavy (non-hydrogen) atoms. The number of carbonyl (C=O) groups excluding carboxylic acids is 2. The summed E-state index contributed by atoms with van der Waals surface area (Å²) in [5, 5.41) is 32.1. The minimum absolute atomic E-state index is 0.000403. The molecule has 8 heterocycles. The Bertz CT molecular complexity index is 2940. The fraction of sp³-hybridized carbons (Fsp3) is 0.349. The third-order valence-electron chi connectivity index (χ3n) is 11.4. The van der Waals surface area contributed by atoms with Gasteiger partial charge in [0.1, 0.15) is 34.0 Å². The van der Waals surface area contributed by atoms with Crippen molar-refractivity contribution >= 4 is 89.0 Å². The Morgan fingerprint density at radius 3 is 1.68 bits per heavy atom. The van der Waals surface area contributed by atoms with Gasteiger partial charge in [0.15, 0.2) is 11.5 Å². The maximum Gasteiger partial charge on any atom is 0.223 e. The highest BCUT2D eigenvalue weighted by Gasteiger charge is 2.31. The molecule has 0 aromatic carbocycles. The molecule has 2 aliphatic carbocycles. The molecule has 326 valence electrons. The highest BCUT2D eigenvalue weighted by atomic mass is 32.1. The van der Waals surface area contributed by atoms with E-state index in [1.165, 1.54) is 20.9 Å². The van der Waals surface area contributed by atoms with Crippen LogP contribution in [0.1, 0.15) is 33.7 Å². The maximum atomic E-state index is 12.5. The summed E-state index contributed by atoms with van der Waals surface area (Å²) in [6.07, 6.45) is 14.9. The van der Waals surface area contributed by atoms with Crippen LogP contribution in [-0.4, -0.2) is 104 Å². The molecular weight excluding hydrogens is 845 g/mol. The van der Waals surface area contributed by atoms with E-state index in [0.29, 0.717) is 31.1 Å². The van der Waals surface area contributed by atoms with E-state index in [1.54, 1.807) is 78.1 Å². The van der Waals surface area contributed by atoms with Crippen molar-refractivity contribution < 1.29 is 28.9 Å². The molecular formula is C43H46N12O6S2. The smallest absolute Gasteiger partial charge is 0.223 e. The van der Waals surface area contributed by atoms with Gasteiger partial charge in [-0.25, -0.2) is 29.0 Å². The standard InChI is InChI=1S/C22H24N6O3S.C21H22N6O3S/c1-30-8-7-23-21(29)13-3-4-15-18(9-13)32-22-19(15)20(24-12-25-22)27-16-10-14-5-6-26-28(14)11-17(16)31-2;1-30-16-10-27-13(4-5-25-27)9-15(16)26-19-18-14-3-2-12(20(29)22-6-7-28)8-17(14)31-21(18)24-11-23-19/h5-6,10-13H,3-4,7-9H2,1-2H3,(H,23,29)(H,24,25,27);4-5,9-12,28H,2-3,6-8H2,1H3,(H,22,29)(H,23,24,26). The largest absolute Gasteiger partial charge is 0.493 e. The first-order valence-corrected chi connectivity index (χ1v) is 22.2. The second-order valence-corrected chi connectivity index (χ2v) is 17.3. The zero-order valence-corrected chi connectivity index (χ0v) is 36.5. The summed E-state index contributed by atoms with van der Waals surface area (Å²) in [7, 11) is 4.89. The molecule has 2 amide bonds. The van der Waals surface area contributed by atoms with Gasteiger partial charge in [-0.3, -0.25) is 9.59 Å². The molecule has 2 unspecified atom stereocenters. The van der Waals surface area contributed by atoms with E-state index in [1.807, 2.05) is 36.7 Å². The molecule has 2 aliphatic rings. The van der Waals surface area contributed by atoms with Crippen LogP contribution in [0, 0.1) is 11.8 Å². The maximum absolute atomic E-state index is 12.5. The van der Waals surface area contributed by atoms with Crippen LogP contribution in [0.4, 0.5) is 23.0 Å². The summed E-state index contributed by atoms with van der Waals surface area (Å²) >= 11 is 3.26. The molecule has 0 aliphatic heterocycles. The first kappa shape index (κ1) is 41.9. The zero-order chi connectivity index (χ0) is 43.5. The van der Waals surface area contributed by atoms with Crippen molar-refractivity contribution in [3.05, 3.63) is 82.6 Å². The van der Waals surface area contributed by atoms with Crippen molar-refractivity contribution in [1.29, 1.82) is 0 Å². The van der Waals surface area contributed by atoms with Crippen LogP contribution in [0.25, 0.3) is 31.5 Å². The molecule has 10 rings (SSSR count). The summed E-state index contributed by atoms with van der Waals surface area (Å²) in [6.45, 7) is 1.29. The first-order valence-electron chi connectivity index (χ1n) is 20.6. The van der Waals surface area contributed by atoms with E-state index < -0.39 is 0 Å². The third kappa shape index (κ3) is 8.53. The number of aromatic nitrogens is 8. The van der Waals surface area contributed by atoms with Gasteiger partial charge < -0.3 is 40.6 Å². The molecule has 0 spiro atoms. The Labute approximate surface area is 369 Å². The van der Waals surface area contributed by atoms with Crippen LogP contribution in [0.2, 0.25) is 0 Å². The number of hydrogen-bond donors (Lipinski definition) is 5. The lowest BCUT2D eigenvalue weighted by Crippen LogP contribution is -2.35. The van der Waals surface area contributed by atoms with E-state index in [-0.39, 0.29) is 36.8 Å². The van der Waals surface area contributed by atoms with Crippen LogP contribution in [-0.2, 0) is 40.0 Å². The van der Waals surface area contributed by atoms with Gasteiger partial charge in [0.2, 0.25) is 11.8 Å². The number of hydrogen-bond acceptors (Lipinski definition) is 16. The van der Waals surface area contributed by atoms with Crippen LogP contribution < -0.4 is 30.7 Å². The number of rotatable bonds is 13. The van der Waals surface area contributed by atoms with Crippen molar-refractivity contribution in [3.63, 3.8) is 0 Å². The summed E-state index contributed by atoms with van der Waals surface area (Å²) in [5.74, 6) is 2.79. The number of methoxy groups -OCH3 is 3. The average molecular weight is 891 g/mol. The van der Waals surface area contributed by atoms with E-state index in [4.69, 9.17) is 19.3 Å². The minimum atomic E-state index is -0.0825. The Morgan fingerprint density at radius 1 is 0.730 bits per heavy atom. The number of nitrogens with one attached hydrogen (secondary N) is 4. The van der Waals surface area contributed by atoms with E-state index in [9.17, 15) is 9.59 Å². The lowest BCUT2D eigenvalue weighted by atomic mass is 9.87. The van der Waals surface area contributed by atoms with Gasteiger partial charge in [-0.05, 0) is 73.9 Å². The van der Waals surface area contributed by atoms with Gasteiger partial charge in [0.25, 0.3) is 0 Å². The van der Waals surface area contributed by atoms with Gasteiger partial charge in [0, 0.05) is 54.2 Å². The highest BCUT2D eigenvalue weighted by molar-refractivity contribution is 7.19. The monoisotopic (exact) mass is 890 g/mol. The molecule has 5 N–H and O–H groups in total. The van der Waals surface area contributed by atoms with Crippen LogP contribution in [0.15, 0.2) is 61.7 Å². The molecule has 18 nitrogen and oxygen atoms in total. The number of nitrogens with zero attached hydrogens (tertiary/aromatic N) is 8. The summed E-state index contributed by atoms with van der Waals surface area (Å²) in [4.78, 5) is 47.2. The van der Waals surface area contributed by atoms with Gasteiger partial charge in [0.05, 0.1) is 73.0 Å². The number of ether oxygens (including phenoxy) is 3. The fourth-order valence-electron chi connectivity index (χ4n) is 8.27. The number of thiophene rings is 2. The predicted octanol–water partition coefficient (Wildman–Crippen LogP) is 5.26. The number of anilines is 4. The molecule has 20 heteroatoms. The van der Waals surface area contributed by atoms with Gasteiger partial charge in [-0.15, -0.1) is 22.7 Å². The summed E-state index contributed by atoms with van der Waals surface area (Å²) in [5.41, 5.74) is 5.95. The molecule has 2 atom stereocenters. The normalized spacial score (nSPS) is 15.7. The van der Waals surface area contributed by atoms with Crippen LogP contribution in [0.5, 0.6) is 11.5 Å². The number of aryl methyl sites for hydroxylation is 2. The molecule has 0 radical (unpaired) electrons. The minimum Gasteiger partial charge on any atom is -0.493 e. The van der Waals surface area contributed by atoms with Gasteiger partial charge in [-0.2, -0.15) is 10.2 Å². The quantitative estimate of drug-likeness (QED) is 0.0934. The van der Waals surface area contributed by atoms with Crippen molar-refractivity contribution in [2.75, 3.05) is 58.3 Å². The Balaban J connectivity index is 0.000000160. The van der Waals surface area contributed by atoms with E-state index in [0.717, 1.165) is 86.6 Å². The third-order valence-corrected chi connectivity index (χ3v) is 13.7. The van der Waals surface area contributed by atoms with Crippen molar-refractivity contribution in [1.82, 2.24) is 49.8 Å². The topological polar surface area (TPSA) is 216 Å². The second-order valence-electron chi connectivity index (χ2n) is 15.2. The van der Waals surface area contributed by atoms with Gasteiger partial charge in [-0.1, -0.05) is 0 Å². The fourth-order valence-corrected chi connectivity index (χ4v) is 10.8. The van der Waals surface area contributed by atoms with E-state index >= 15 is 0 Å². The van der Waals surface area contributed by atoms with Gasteiger partial charge >= 0.3 is 0 Å².